The van der Waals surface area contributed by atoms with Crippen LogP contribution in [-0.4, -0.2) is 43.3 Å². The van der Waals surface area contributed by atoms with Crippen LogP contribution in [-0.2, 0) is 36.9 Å². The second-order valence-corrected chi connectivity index (χ2v) is 10.8. The molecule has 1 aliphatic rings. The van der Waals surface area contributed by atoms with Crippen molar-refractivity contribution in [2.24, 2.45) is 0 Å². The summed E-state index contributed by atoms with van der Waals surface area (Å²) in [7, 11) is -3.11. The van der Waals surface area contributed by atoms with E-state index in [-0.39, 0.29) is 27.6 Å². The smallest absolute Gasteiger partial charge is 0.452 e. The van der Waals surface area contributed by atoms with Gasteiger partial charge in [-0.3, -0.25) is 9.59 Å². The number of methoxy groups -OCH3 is 1. The molecule has 1 fully saturated rings. The fraction of sp³-hybridized carbons (Fsp3) is 0.286. The number of sulfonamides is 1. The molecule has 9 nitrogen and oxygen atoms in total. The van der Waals surface area contributed by atoms with E-state index >= 15 is 0 Å². The van der Waals surface area contributed by atoms with Crippen LogP contribution in [0.5, 0.6) is 0 Å². The molecule has 186 valence electrons. The first-order valence-corrected chi connectivity index (χ1v) is 12.2. The number of nitrogens with zero attached hydrogens (tertiary/aromatic N) is 1. The van der Waals surface area contributed by atoms with Crippen LogP contribution in [0.2, 0.25) is 0 Å². The zero-order valence-corrected chi connectivity index (χ0v) is 19.5. The standard InChI is InChI=1S/C21H17F3N2O7S2/c1-32-17(27)8-11-3-2-4-12(7-11)13-10-20(13,19(28)29)26-35(30,31)18-6-5-15(34-18)14-9-16(33-25-14)21(22,23)24/h2-7,9,13,26H,8,10H2,1H3,(H,28,29). The lowest BCUT2D eigenvalue weighted by Gasteiger charge is -2.15. The molecule has 14 heteroatoms. The molecule has 35 heavy (non-hydrogen) atoms. The van der Waals surface area contributed by atoms with Gasteiger partial charge in [-0.2, -0.15) is 17.9 Å². The van der Waals surface area contributed by atoms with Gasteiger partial charge in [-0.15, -0.1) is 11.3 Å². The predicted molar refractivity (Wildman–Crippen MR) is 115 cm³/mol. The van der Waals surface area contributed by atoms with Crippen molar-refractivity contribution in [2.45, 2.75) is 34.7 Å². The fourth-order valence-corrected chi connectivity index (χ4v) is 6.30. The Morgan fingerprint density at radius 3 is 2.66 bits per heavy atom. The van der Waals surface area contributed by atoms with Gasteiger partial charge in [0.05, 0.1) is 18.4 Å². The first-order chi connectivity index (χ1) is 16.4. The molecular formula is C21H17F3N2O7S2. The Hall–Kier alpha value is -3.23. The van der Waals surface area contributed by atoms with Crippen molar-refractivity contribution in [3.8, 4) is 10.6 Å². The van der Waals surface area contributed by atoms with Gasteiger partial charge in [0, 0.05) is 12.0 Å². The first kappa shape index (κ1) is 24.9. The maximum atomic E-state index is 13.0. The molecule has 1 saturated carbocycles. The van der Waals surface area contributed by atoms with Crippen molar-refractivity contribution < 1.29 is 45.5 Å². The average Bonchev–Trinajstić information content (AvgIpc) is 3.14. The van der Waals surface area contributed by atoms with Gasteiger partial charge in [0.25, 0.3) is 10.0 Å². The van der Waals surface area contributed by atoms with Gasteiger partial charge in [0.1, 0.15) is 15.4 Å². The second-order valence-electron chi connectivity index (χ2n) is 7.83. The van der Waals surface area contributed by atoms with E-state index < -0.39 is 45.4 Å². The Morgan fingerprint density at radius 1 is 1.29 bits per heavy atom. The molecule has 4 rings (SSSR count). The monoisotopic (exact) mass is 530 g/mol. The minimum atomic E-state index is -4.75. The molecule has 3 aromatic rings. The molecule has 0 saturated heterocycles. The number of carboxylic acid groups (broad SMARTS) is 1. The van der Waals surface area contributed by atoms with E-state index in [0.29, 0.717) is 28.5 Å². The predicted octanol–water partition coefficient (Wildman–Crippen LogP) is 3.43. The van der Waals surface area contributed by atoms with Gasteiger partial charge >= 0.3 is 18.1 Å². The number of ether oxygens (including phenoxy) is 1. The van der Waals surface area contributed by atoms with Crippen molar-refractivity contribution >= 4 is 33.3 Å². The van der Waals surface area contributed by atoms with Crippen LogP contribution in [0.15, 0.2) is 51.2 Å². The molecule has 0 spiro atoms. The number of aromatic nitrogens is 1. The highest BCUT2D eigenvalue weighted by Crippen LogP contribution is 2.53. The lowest BCUT2D eigenvalue weighted by Crippen LogP contribution is -2.44. The van der Waals surface area contributed by atoms with Gasteiger partial charge < -0.3 is 14.4 Å². The minimum Gasteiger partial charge on any atom is -0.480 e. The summed E-state index contributed by atoms with van der Waals surface area (Å²) in [5.74, 6) is -3.89. The van der Waals surface area contributed by atoms with E-state index in [1.54, 1.807) is 24.3 Å². The van der Waals surface area contributed by atoms with Gasteiger partial charge in [0.2, 0.25) is 5.76 Å². The highest BCUT2D eigenvalue weighted by molar-refractivity contribution is 7.91. The van der Waals surface area contributed by atoms with Crippen LogP contribution in [0.4, 0.5) is 13.2 Å². The van der Waals surface area contributed by atoms with Gasteiger partial charge in [0.15, 0.2) is 0 Å². The van der Waals surface area contributed by atoms with Crippen molar-refractivity contribution in [1.82, 2.24) is 9.88 Å². The Morgan fingerprint density at radius 2 is 2.03 bits per heavy atom. The zero-order valence-electron chi connectivity index (χ0n) is 17.8. The van der Waals surface area contributed by atoms with Crippen LogP contribution >= 0.6 is 11.3 Å². The number of carbonyl (C=O) groups is 2. The summed E-state index contributed by atoms with van der Waals surface area (Å²) in [6.45, 7) is 0. The van der Waals surface area contributed by atoms with E-state index in [2.05, 4.69) is 19.1 Å². The number of alkyl halides is 3. The number of esters is 1. The highest BCUT2D eigenvalue weighted by atomic mass is 32.2. The van der Waals surface area contributed by atoms with Gasteiger partial charge in [-0.25, -0.2) is 8.42 Å². The largest absolute Gasteiger partial charge is 0.480 e. The number of carboxylic acids is 1. The summed E-state index contributed by atoms with van der Waals surface area (Å²) < 4.78 is 75.0. The quantitative estimate of drug-likeness (QED) is 0.423. The van der Waals surface area contributed by atoms with Crippen LogP contribution in [0, 0.1) is 0 Å². The van der Waals surface area contributed by atoms with E-state index in [0.717, 1.165) is 6.07 Å². The SMILES string of the molecule is COC(=O)Cc1cccc(C2CC2(NS(=O)(=O)c2ccc(-c3cc(C(F)(F)F)on3)s2)C(=O)O)c1. The summed E-state index contributed by atoms with van der Waals surface area (Å²) in [6.07, 6.45) is -4.80. The van der Waals surface area contributed by atoms with E-state index in [1.165, 1.54) is 13.2 Å². The summed E-state index contributed by atoms with van der Waals surface area (Å²) in [6, 6.07) is 9.59. The number of carbonyl (C=O) groups excluding carboxylic acids is 1. The number of aliphatic carboxylic acids is 1. The fourth-order valence-electron chi connectivity index (χ4n) is 3.63. The number of rotatable bonds is 8. The number of hydrogen-bond acceptors (Lipinski definition) is 8. The Labute approximate surface area is 200 Å². The Kier molecular flexibility index (Phi) is 6.23. The molecule has 2 N–H and O–H groups in total. The number of hydrogen-bond donors (Lipinski definition) is 2. The van der Waals surface area contributed by atoms with Crippen molar-refractivity contribution in [1.29, 1.82) is 0 Å². The molecule has 0 bridgehead atoms. The Balaban J connectivity index is 1.56. The molecule has 1 aliphatic carbocycles. The third-order valence-corrected chi connectivity index (χ3v) is 8.59. The molecule has 0 radical (unpaired) electrons. The number of benzene rings is 1. The van der Waals surface area contributed by atoms with Crippen LogP contribution < -0.4 is 4.72 Å². The molecule has 0 amide bonds. The van der Waals surface area contributed by atoms with E-state index in [4.69, 9.17) is 0 Å². The zero-order chi connectivity index (χ0) is 25.6. The molecule has 2 unspecified atom stereocenters. The average molecular weight is 531 g/mol. The molecule has 2 atom stereocenters. The first-order valence-electron chi connectivity index (χ1n) is 9.93. The van der Waals surface area contributed by atoms with Crippen LogP contribution in [0.25, 0.3) is 10.6 Å². The maximum absolute atomic E-state index is 13.0. The Bertz CT molecular complexity index is 1400. The van der Waals surface area contributed by atoms with Gasteiger partial charge in [-0.05, 0) is 29.7 Å². The molecule has 1 aromatic carbocycles. The summed E-state index contributed by atoms with van der Waals surface area (Å²) in [5, 5.41) is 13.2. The van der Waals surface area contributed by atoms with Crippen LogP contribution in [0.1, 0.15) is 29.2 Å². The lowest BCUT2D eigenvalue weighted by atomic mass is 10.0. The molecular weight excluding hydrogens is 513 g/mol. The second kappa shape index (κ2) is 8.77. The number of thiophene rings is 1. The summed E-state index contributed by atoms with van der Waals surface area (Å²) in [5.41, 5.74) is -0.907. The third kappa shape index (κ3) is 4.94. The minimum absolute atomic E-state index is 0.0281. The van der Waals surface area contributed by atoms with Gasteiger partial charge in [-0.1, -0.05) is 29.4 Å². The maximum Gasteiger partial charge on any atom is 0.452 e. The molecule has 2 heterocycles. The third-order valence-electron chi connectivity index (χ3n) is 5.48. The summed E-state index contributed by atoms with van der Waals surface area (Å²) >= 11 is 0.621. The van der Waals surface area contributed by atoms with E-state index in [1.807, 2.05) is 0 Å². The van der Waals surface area contributed by atoms with Crippen molar-refractivity contribution in [2.75, 3.05) is 7.11 Å². The molecule has 0 aliphatic heterocycles. The van der Waals surface area contributed by atoms with Crippen molar-refractivity contribution in [3.05, 3.63) is 59.4 Å². The lowest BCUT2D eigenvalue weighted by molar-refractivity contribution is -0.155. The topological polar surface area (TPSA) is 136 Å². The van der Waals surface area contributed by atoms with E-state index in [9.17, 15) is 36.3 Å². The van der Waals surface area contributed by atoms with Crippen molar-refractivity contribution in [3.63, 3.8) is 0 Å². The highest BCUT2D eigenvalue weighted by Gasteiger charge is 2.63. The molecule has 2 aromatic heterocycles. The normalized spacial score (nSPS) is 19.9. The van der Waals surface area contributed by atoms with Crippen LogP contribution in [0.3, 0.4) is 0 Å². The number of halogens is 3. The number of nitrogens with one attached hydrogen (secondary N) is 1. The summed E-state index contributed by atoms with van der Waals surface area (Å²) in [4.78, 5) is 23.7.